The number of nitrogens with one attached hydrogen (secondary N) is 2. The highest BCUT2D eigenvalue weighted by Crippen LogP contribution is 2.39. The van der Waals surface area contributed by atoms with Crippen molar-refractivity contribution >= 4 is 28.1 Å². The topological polar surface area (TPSA) is 133 Å². The van der Waals surface area contributed by atoms with Gasteiger partial charge in [-0.1, -0.05) is 0 Å². The third-order valence-corrected chi connectivity index (χ3v) is 8.79. The number of methoxy groups -OCH3 is 1. The van der Waals surface area contributed by atoms with Crippen LogP contribution in [0.15, 0.2) is 49.1 Å². The summed E-state index contributed by atoms with van der Waals surface area (Å²) in [6.07, 6.45) is 9.37. The fourth-order valence-corrected chi connectivity index (χ4v) is 6.54. The highest BCUT2D eigenvalue weighted by atomic mass is 16.5. The van der Waals surface area contributed by atoms with Crippen LogP contribution < -0.4 is 20.1 Å². The molecule has 2 saturated heterocycles. The lowest BCUT2D eigenvalue weighted by Crippen LogP contribution is -2.55. The van der Waals surface area contributed by atoms with E-state index in [1.165, 1.54) is 6.42 Å². The largest absolute Gasteiger partial charge is 0.494 e. The number of aromatic nitrogens is 6. The number of piperidine rings is 1. The molecule has 44 heavy (non-hydrogen) atoms. The molecule has 2 fully saturated rings. The molecule has 0 bridgehead atoms. The van der Waals surface area contributed by atoms with Gasteiger partial charge in [0.25, 0.3) is 5.91 Å². The number of nitrogens with zero attached hydrogens (tertiary/aromatic N) is 7. The number of likely N-dealkylation sites (tertiary alicyclic amines) is 1. The standard InChI is InChI=1S/C31H33N9O4/c1-42-27-13-23-26(44-11-7-32-23)14-25(27)40-24-12-22(20-16-36-39-9-3-5-33-29(20)39)35-15-21(24)28(37-40)30(41)34-6-10-38-8-2-4-31(17-38)18-43-19-31/h3,5,9,12-16,32H,2,4,6-8,10-11,17-19H2,1H3,(H,34,41). The molecule has 0 aliphatic carbocycles. The summed E-state index contributed by atoms with van der Waals surface area (Å²) >= 11 is 0. The van der Waals surface area contributed by atoms with E-state index < -0.39 is 0 Å². The van der Waals surface area contributed by atoms with Crippen LogP contribution >= 0.6 is 0 Å². The van der Waals surface area contributed by atoms with E-state index >= 15 is 0 Å². The minimum Gasteiger partial charge on any atom is -0.494 e. The summed E-state index contributed by atoms with van der Waals surface area (Å²) in [7, 11) is 1.62. The average molecular weight is 596 g/mol. The van der Waals surface area contributed by atoms with Gasteiger partial charge in [-0.3, -0.25) is 9.78 Å². The van der Waals surface area contributed by atoms with Gasteiger partial charge in [-0.15, -0.1) is 0 Å². The lowest BCUT2D eigenvalue weighted by molar-refractivity contribution is -0.143. The van der Waals surface area contributed by atoms with Crippen molar-refractivity contribution in [1.29, 1.82) is 0 Å². The van der Waals surface area contributed by atoms with Crippen LogP contribution in [0.25, 0.3) is 33.5 Å². The summed E-state index contributed by atoms with van der Waals surface area (Å²) in [5, 5.41) is 16.4. The number of ether oxygens (including phenoxy) is 3. The predicted octanol–water partition coefficient (Wildman–Crippen LogP) is 2.79. The van der Waals surface area contributed by atoms with Crippen LogP contribution in [0.4, 0.5) is 5.69 Å². The van der Waals surface area contributed by atoms with Gasteiger partial charge in [0.15, 0.2) is 11.3 Å². The number of carbonyl (C=O) groups excluding carboxylic acids is 1. The fourth-order valence-electron chi connectivity index (χ4n) is 6.54. The molecule has 0 unspecified atom stereocenters. The smallest absolute Gasteiger partial charge is 0.272 e. The quantitative estimate of drug-likeness (QED) is 0.289. The van der Waals surface area contributed by atoms with Crippen molar-refractivity contribution in [2.24, 2.45) is 5.41 Å². The molecular weight excluding hydrogens is 562 g/mol. The minimum absolute atomic E-state index is 0.255. The van der Waals surface area contributed by atoms with Gasteiger partial charge >= 0.3 is 0 Å². The van der Waals surface area contributed by atoms with Crippen molar-refractivity contribution in [3.63, 3.8) is 0 Å². The average Bonchev–Trinajstić information content (AvgIpc) is 3.65. The Bertz CT molecular complexity index is 1880. The molecule has 1 amide bonds. The van der Waals surface area contributed by atoms with Crippen molar-refractivity contribution in [3.8, 4) is 28.4 Å². The van der Waals surface area contributed by atoms with E-state index in [1.807, 2.05) is 30.5 Å². The molecule has 0 atom stereocenters. The van der Waals surface area contributed by atoms with Crippen molar-refractivity contribution in [2.45, 2.75) is 12.8 Å². The molecule has 7 heterocycles. The maximum atomic E-state index is 13.7. The minimum atomic E-state index is -0.255. The molecular formula is C31H33N9O4. The van der Waals surface area contributed by atoms with Gasteiger partial charge in [0, 0.05) is 62.3 Å². The first-order valence-electron chi connectivity index (χ1n) is 15.0. The highest BCUT2D eigenvalue weighted by molar-refractivity contribution is 6.05. The lowest BCUT2D eigenvalue weighted by Gasteiger charge is -2.48. The van der Waals surface area contributed by atoms with E-state index in [9.17, 15) is 4.79 Å². The van der Waals surface area contributed by atoms with Crippen LogP contribution in [0.2, 0.25) is 0 Å². The van der Waals surface area contributed by atoms with E-state index in [2.05, 4.69) is 25.6 Å². The number of hydrogen-bond donors (Lipinski definition) is 2. The Labute approximate surface area is 253 Å². The highest BCUT2D eigenvalue weighted by Gasteiger charge is 2.41. The van der Waals surface area contributed by atoms with Gasteiger partial charge in [0.2, 0.25) is 0 Å². The molecule has 13 nitrogen and oxygen atoms in total. The monoisotopic (exact) mass is 595 g/mol. The molecule has 5 aromatic rings. The van der Waals surface area contributed by atoms with E-state index in [4.69, 9.17) is 24.3 Å². The SMILES string of the molecule is COc1cc2c(cc1-n1nc(C(=O)NCCN3CCCC4(COC4)C3)c3cnc(-c4cnn5cccnc45)cc31)OCCN2. The molecule has 8 rings (SSSR count). The first-order chi connectivity index (χ1) is 21.6. The van der Waals surface area contributed by atoms with Crippen molar-refractivity contribution in [3.05, 3.63) is 54.7 Å². The van der Waals surface area contributed by atoms with Crippen LogP contribution in [0.5, 0.6) is 11.5 Å². The molecule has 3 aliphatic rings. The lowest BCUT2D eigenvalue weighted by atomic mass is 9.78. The zero-order valence-electron chi connectivity index (χ0n) is 24.5. The third-order valence-electron chi connectivity index (χ3n) is 8.79. The number of hydrogen-bond acceptors (Lipinski definition) is 10. The first kappa shape index (κ1) is 26.8. The normalized spacial score (nSPS) is 17.6. The van der Waals surface area contributed by atoms with Crippen molar-refractivity contribution in [2.75, 3.05) is 65.0 Å². The van der Waals surface area contributed by atoms with Crippen molar-refractivity contribution in [1.82, 2.24) is 39.6 Å². The number of rotatable bonds is 7. The van der Waals surface area contributed by atoms with Crippen molar-refractivity contribution < 1.29 is 19.0 Å². The summed E-state index contributed by atoms with van der Waals surface area (Å²) in [6, 6.07) is 7.52. The number of pyridine rings is 1. The van der Waals surface area contributed by atoms with Crippen LogP contribution in [-0.2, 0) is 4.74 Å². The summed E-state index contributed by atoms with van der Waals surface area (Å²) in [4.78, 5) is 25.3. The second kappa shape index (κ2) is 10.8. The van der Waals surface area contributed by atoms with Gasteiger partial charge in [0.1, 0.15) is 23.8 Å². The van der Waals surface area contributed by atoms with E-state index in [0.717, 1.165) is 50.5 Å². The van der Waals surface area contributed by atoms with Gasteiger partial charge in [-0.25, -0.2) is 14.2 Å². The molecule has 1 spiro atoms. The molecule has 13 heteroatoms. The Kier molecular flexibility index (Phi) is 6.56. The van der Waals surface area contributed by atoms with Crippen LogP contribution in [0.1, 0.15) is 23.3 Å². The zero-order chi connectivity index (χ0) is 29.7. The molecule has 0 radical (unpaired) electrons. The number of carbonyl (C=O) groups is 1. The number of fused-ring (bicyclic) bond motifs is 3. The maximum Gasteiger partial charge on any atom is 0.272 e. The van der Waals surface area contributed by atoms with Crippen LogP contribution in [0.3, 0.4) is 0 Å². The Hall–Kier alpha value is -4.75. The summed E-state index contributed by atoms with van der Waals surface area (Å²) in [5.41, 5.74) is 4.89. The Balaban J connectivity index is 1.16. The predicted molar refractivity (Wildman–Crippen MR) is 163 cm³/mol. The van der Waals surface area contributed by atoms with E-state index in [0.29, 0.717) is 70.2 Å². The zero-order valence-corrected chi connectivity index (χ0v) is 24.5. The molecule has 1 aromatic carbocycles. The van der Waals surface area contributed by atoms with Gasteiger partial charge in [-0.05, 0) is 31.5 Å². The summed E-state index contributed by atoms with van der Waals surface area (Å²) in [6.45, 7) is 6.28. The second-order valence-electron chi connectivity index (χ2n) is 11.7. The maximum absolute atomic E-state index is 13.7. The first-order valence-corrected chi connectivity index (χ1v) is 15.0. The van der Waals surface area contributed by atoms with E-state index in [1.54, 1.807) is 34.9 Å². The van der Waals surface area contributed by atoms with E-state index in [-0.39, 0.29) is 5.91 Å². The fraction of sp³-hybridized carbons (Fsp3) is 0.387. The number of anilines is 1. The number of benzene rings is 1. The third kappa shape index (κ3) is 4.59. The molecule has 226 valence electrons. The molecule has 2 N–H and O–H groups in total. The summed E-state index contributed by atoms with van der Waals surface area (Å²) in [5.74, 6) is 1.03. The molecule has 3 aliphatic heterocycles. The number of amides is 1. The Morgan fingerprint density at radius 3 is 3.00 bits per heavy atom. The van der Waals surface area contributed by atoms with Crippen LogP contribution in [-0.4, -0.2) is 99.8 Å². The Morgan fingerprint density at radius 1 is 1.20 bits per heavy atom. The van der Waals surface area contributed by atoms with Gasteiger partial charge in [0.05, 0.1) is 54.4 Å². The molecule has 0 saturated carbocycles. The second-order valence-corrected chi connectivity index (χ2v) is 11.7. The van der Waals surface area contributed by atoms with Gasteiger partial charge in [-0.2, -0.15) is 10.2 Å². The Morgan fingerprint density at radius 2 is 2.14 bits per heavy atom. The molecule has 4 aromatic heterocycles. The van der Waals surface area contributed by atoms with Gasteiger partial charge < -0.3 is 29.7 Å². The summed E-state index contributed by atoms with van der Waals surface area (Å²) < 4.78 is 20.7. The van der Waals surface area contributed by atoms with Crippen LogP contribution in [0, 0.1) is 5.41 Å².